The van der Waals surface area contributed by atoms with Gasteiger partial charge in [-0.05, 0) is 33.2 Å². The first-order valence-electron chi connectivity index (χ1n) is 6.38. The monoisotopic (exact) mass is 290 g/mol. The molecule has 5 nitrogen and oxygen atoms in total. The number of carbonyl (C=O) groups excluding carboxylic acids is 1. The number of thiazole rings is 1. The Kier molecular flexibility index (Phi) is 4.81. The van der Waals surface area contributed by atoms with E-state index in [2.05, 4.69) is 15.3 Å². The zero-order valence-electron chi connectivity index (χ0n) is 11.9. The number of nitrogens with zero attached hydrogens (tertiary/aromatic N) is 3. The highest BCUT2D eigenvalue weighted by Crippen LogP contribution is 2.27. The van der Waals surface area contributed by atoms with Gasteiger partial charge in [-0.2, -0.15) is 0 Å². The van der Waals surface area contributed by atoms with Gasteiger partial charge in [-0.25, -0.2) is 4.98 Å². The third-order valence-corrected chi connectivity index (χ3v) is 3.98. The molecule has 0 radical (unpaired) electrons. The van der Waals surface area contributed by atoms with Gasteiger partial charge < -0.3 is 10.2 Å². The summed E-state index contributed by atoms with van der Waals surface area (Å²) >= 11 is 1.42. The number of rotatable bonds is 5. The highest BCUT2D eigenvalue weighted by molar-refractivity contribution is 7.17. The second-order valence-corrected chi connectivity index (χ2v) is 5.73. The third-order valence-electron chi connectivity index (χ3n) is 2.77. The van der Waals surface area contributed by atoms with Crippen LogP contribution in [0.1, 0.15) is 15.4 Å². The highest BCUT2D eigenvalue weighted by atomic mass is 32.1. The van der Waals surface area contributed by atoms with Crippen LogP contribution < -0.4 is 5.32 Å². The predicted octanol–water partition coefficient (Wildman–Crippen LogP) is 1.80. The second kappa shape index (κ2) is 6.58. The number of hydrogen-bond donors (Lipinski definition) is 1. The number of amides is 1. The van der Waals surface area contributed by atoms with E-state index in [1.807, 2.05) is 38.1 Å². The number of aryl methyl sites for hydroxylation is 1. The van der Waals surface area contributed by atoms with E-state index in [9.17, 15) is 4.79 Å². The minimum Gasteiger partial charge on any atom is -0.350 e. The number of likely N-dealkylation sites (N-methyl/N-ethyl adjacent to an activating group) is 1. The van der Waals surface area contributed by atoms with E-state index in [0.29, 0.717) is 11.4 Å². The molecule has 0 saturated heterocycles. The Balaban J connectivity index is 2.10. The maximum Gasteiger partial charge on any atom is 0.263 e. The first-order chi connectivity index (χ1) is 9.58. The topological polar surface area (TPSA) is 58.1 Å². The van der Waals surface area contributed by atoms with Crippen LogP contribution in [0, 0.1) is 6.92 Å². The van der Waals surface area contributed by atoms with Gasteiger partial charge in [0.05, 0.1) is 5.69 Å². The Labute approximate surface area is 122 Å². The van der Waals surface area contributed by atoms with Crippen LogP contribution in [0.4, 0.5) is 0 Å². The molecule has 0 spiro atoms. The van der Waals surface area contributed by atoms with Gasteiger partial charge in [-0.15, -0.1) is 11.3 Å². The molecule has 1 N–H and O–H groups in total. The molecule has 0 atom stereocenters. The minimum atomic E-state index is -0.0536. The molecule has 0 aliphatic heterocycles. The molecule has 2 heterocycles. The van der Waals surface area contributed by atoms with Crippen molar-refractivity contribution in [1.82, 2.24) is 20.2 Å². The summed E-state index contributed by atoms with van der Waals surface area (Å²) in [5.74, 6) is -0.0536. The summed E-state index contributed by atoms with van der Waals surface area (Å²) in [4.78, 5) is 23.3. The van der Waals surface area contributed by atoms with Gasteiger partial charge in [0.2, 0.25) is 0 Å². The second-order valence-electron chi connectivity index (χ2n) is 4.73. The van der Waals surface area contributed by atoms with E-state index in [-0.39, 0.29) is 5.91 Å². The molecule has 0 bridgehead atoms. The maximum atomic E-state index is 12.1. The van der Waals surface area contributed by atoms with Crippen molar-refractivity contribution in [3.8, 4) is 10.6 Å². The number of hydrogen-bond acceptors (Lipinski definition) is 5. The molecule has 0 aliphatic carbocycles. The maximum absolute atomic E-state index is 12.1. The predicted molar refractivity (Wildman–Crippen MR) is 81.0 cm³/mol. The fraction of sp³-hybridized carbons (Fsp3) is 0.357. The molecule has 1 amide bonds. The van der Waals surface area contributed by atoms with Crippen LogP contribution in [-0.2, 0) is 0 Å². The van der Waals surface area contributed by atoms with Crippen molar-refractivity contribution < 1.29 is 4.79 Å². The molecule has 2 aromatic rings. The van der Waals surface area contributed by atoms with E-state index in [4.69, 9.17) is 0 Å². The van der Waals surface area contributed by atoms with Crippen molar-refractivity contribution in [2.75, 3.05) is 27.2 Å². The van der Waals surface area contributed by atoms with E-state index >= 15 is 0 Å². The molecular formula is C14H18N4OS. The van der Waals surface area contributed by atoms with Crippen LogP contribution in [-0.4, -0.2) is 48.0 Å². The zero-order chi connectivity index (χ0) is 14.5. The van der Waals surface area contributed by atoms with Crippen LogP contribution in [0.25, 0.3) is 10.6 Å². The Morgan fingerprint density at radius 1 is 1.35 bits per heavy atom. The van der Waals surface area contributed by atoms with E-state index in [0.717, 1.165) is 22.8 Å². The van der Waals surface area contributed by atoms with E-state index in [1.165, 1.54) is 11.3 Å². The average Bonchev–Trinajstić information content (AvgIpc) is 2.81. The third kappa shape index (κ3) is 3.61. The van der Waals surface area contributed by atoms with Crippen LogP contribution in [0.5, 0.6) is 0 Å². The lowest BCUT2D eigenvalue weighted by Crippen LogP contribution is -2.31. The number of carbonyl (C=O) groups is 1. The Bertz CT molecular complexity index is 580. The van der Waals surface area contributed by atoms with Crippen molar-refractivity contribution in [3.63, 3.8) is 0 Å². The van der Waals surface area contributed by atoms with Gasteiger partial charge in [0, 0.05) is 31.0 Å². The van der Waals surface area contributed by atoms with Gasteiger partial charge in [0.15, 0.2) is 0 Å². The fourth-order valence-corrected chi connectivity index (χ4v) is 2.69. The quantitative estimate of drug-likeness (QED) is 0.912. The van der Waals surface area contributed by atoms with E-state index < -0.39 is 0 Å². The first-order valence-corrected chi connectivity index (χ1v) is 7.20. The minimum absolute atomic E-state index is 0.0536. The Hall–Kier alpha value is -1.79. The van der Waals surface area contributed by atoms with Gasteiger partial charge >= 0.3 is 0 Å². The lowest BCUT2D eigenvalue weighted by molar-refractivity contribution is 0.0954. The summed E-state index contributed by atoms with van der Waals surface area (Å²) in [6.07, 6.45) is 3.45. The van der Waals surface area contributed by atoms with E-state index in [1.54, 1.807) is 12.4 Å². The van der Waals surface area contributed by atoms with Crippen LogP contribution >= 0.6 is 11.3 Å². The summed E-state index contributed by atoms with van der Waals surface area (Å²) in [7, 11) is 3.96. The summed E-state index contributed by atoms with van der Waals surface area (Å²) in [5.41, 5.74) is 1.75. The Morgan fingerprint density at radius 2 is 2.05 bits per heavy atom. The summed E-state index contributed by atoms with van der Waals surface area (Å²) < 4.78 is 0. The molecule has 106 valence electrons. The van der Waals surface area contributed by atoms with Crippen molar-refractivity contribution in [1.29, 1.82) is 0 Å². The standard InChI is InChI=1S/C14H18N4OS/c1-10-12(13(19)16-8-9-18(2)3)20-14(17-10)11-4-6-15-7-5-11/h4-7H,8-9H2,1-3H3,(H,16,19). The summed E-state index contributed by atoms with van der Waals surface area (Å²) in [6, 6.07) is 3.79. The zero-order valence-corrected chi connectivity index (χ0v) is 12.7. The van der Waals surface area contributed by atoms with Crippen molar-refractivity contribution in [3.05, 3.63) is 35.1 Å². The molecule has 0 unspecified atom stereocenters. The first kappa shape index (κ1) is 14.6. The summed E-state index contributed by atoms with van der Waals surface area (Å²) in [5, 5.41) is 3.76. The fourth-order valence-electron chi connectivity index (χ4n) is 1.70. The lowest BCUT2D eigenvalue weighted by atomic mass is 10.3. The average molecular weight is 290 g/mol. The smallest absolute Gasteiger partial charge is 0.263 e. The van der Waals surface area contributed by atoms with Crippen LogP contribution in [0.2, 0.25) is 0 Å². The van der Waals surface area contributed by atoms with Crippen molar-refractivity contribution in [2.45, 2.75) is 6.92 Å². The molecule has 20 heavy (non-hydrogen) atoms. The number of nitrogens with one attached hydrogen (secondary N) is 1. The molecule has 0 aromatic carbocycles. The highest BCUT2D eigenvalue weighted by Gasteiger charge is 2.15. The molecule has 0 fully saturated rings. The Morgan fingerprint density at radius 3 is 2.70 bits per heavy atom. The van der Waals surface area contributed by atoms with Crippen LogP contribution in [0.15, 0.2) is 24.5 Å². The van der Waals surface area contributed by atoms with Crippen molar-refractivity contribution in [2.24, 2.45) is 0 Å². The summed E-state index contributed by atoms with van der Waals surface area (Å²) in [6.45, 7) is 3.32. The molecule has 2 aromatic heterocycles. The van der Waals surface area contributed by atoms with Gasteiger partial charge in [-0.1, -0.05) is 0 Å². The number of pyridine rings is 1. The molecular weight excluding hydrogens is 272 g/mol. The normalized spacial score (nSPS) is 10.8. The van der Waals surface area contributed by atoms with Crippen molar-refractivity contribution >= 4 is 17.2 Å². The molecule has 6 heteroatoms. The van der Waals surface area contributed by atoms with Gasteiger partial charge in [0.25, 0.3) is 5.91 Å². The van der Waals surface area contributed by atoms with Gasteiger partial charge in [0.1, 0.15) is 9.88 Å². The van der Waals surface area contributed by atoms with Crippen LogP contribution in [0.3, 0.4) is 0 Å². The largest absolute Gasteiger partial charge is 0.350 e. The van der Waals surface area contributed by atoms with Gasteiger partial charge in [-0.3, -0.25) is 9.78 Å². The molecule has 0 saturated carbocycles. The SMILES string of the molecule is Cc1nc(-c2ccncc2)sc1C(=O)NCCN(C)C. The lowest BCUT2D eigenvalue weighted by Gasteiger charge is -2.09. The molecule has 2 rings (SSSR count). The number of aromatic nitrogens is 2. The molecule has 0 aliphatic rings.